The van der Waals surface area contributed by atoms with Gasteiger partial charge in [-0.1, -0.05) is 128 Å². The first-order valence-corrected chi connectivity index (χ1v) is 14.1. The minimum Gasteiger partial charge on any atom is -0.493 e. The van der Waals surface area contributed by atoms with Crippen molar-refractivity contribution >= 4 is 10.8 Å². The summed E-state index contributed by atoms with van der Waals surface area (Å²) >= 11 is 0. The molecule has 0 aliphatic carbocycles. The van der Waals surface area contributed by atoms with E-state index in [-0.39, 0.29) is 0 Å². The highest BCUT2D eigenvalue weighted by atomic mass is 16.5. The third-order valence-corrected chi connectivity index (χ3v) is 6.64. The third kappa shape index (κ3) is 10.8. The second kappa shape index (κ2) is 17.7. The van der Waals surface area contributed by atoms with Crippen LogP contribution in [0.5, 0.6) is 11.5 Å². The fraction of sp³-hybridized carbons (Fsp3) is 0.677. The molecule has 0 bridgehead atoms. The van der Waals surface area contributed by atoms with E-state index in [1.54, 1.807) is 0 Å². The summed E-state index contributed by atoms with van der Waals surface area (Å²) in [5, 5.41) is 2.36. The fourth-order valence-corrected chi connectivity index (χ4v) is 4.59. The standard InChI is InChI=1S/C31H50O2/c1-4-6-8-10-12-14-16-20-24-32-30-26-27(3)31(29-23-19-18-22-28(29)30)33-25-21-17-15-13-11-9-7-5-2/h18-19,22-23,26H,4-17,20-21,24-25H2,1-3H3. The Morgan fingerprint density at radius 1 is 0.545 bits per heavy atom. The Balaban J connectivity index is 1.76. The van der Waals surface area contributed by atoms with Crippen LogP contribution in [0.25, 0.3) is 10.8 Å². The van der Waals surface area contributed by atoms with Crippen molar-refractivity contribution in [1.29, 1.82) is 0 Å². The number of hydrogen-bond donors (Lipinski definition) is 0. The van der Waals surface area contributed by atoms with Gasteiger partial charge in [-0.3, -0.25) is 0 Å². The molecule has 2 rings (SSSR count). The van der Waals surface area contributed by atoms with E-state index in [9.17, 15) is 0 Å². The monoisotopic (exact) mass is 454 g/mol. The zero-order valence-electron chi connectivity index (χ0n) is 21.9. The molecule has 0 radical (unpaired) electrons. The molecular weight excluding hydrogens is 404 g/mol. The highest BCUT2D eigenvalue weighted by Gasteiger charge is 2.12. The first-order valence-electron chi connectivity index (χ1n) is 14.1. The molecule has 33 heavy (non-hydrogen) atoms. The van der Waals surface area contributed by atoms with Crippen molar-refractivity contribution in [2.45, 2.75) is 124 Å². The lowest BCUT2D eigenvalue weighted by atomic mass is 10.0. The van der Waals surface area contributed by atoms with E-state index in [2.05, 4.69) is 51.1 Å². The molecule has 0 aliphatic rings. The molecule has 2 nitrogen and oxygen atoms in total. The van der Waals surface area contributed by atoms with Crippen LogP contribution >= 0.6 is 0 Å². The van der Waals surface area contributed by atoms with Gasteiger partial charge in [0.2, 0.25) is 0 Å². The molecule has 0 aliphatic heterocycles. The summed E-state index contributed by atoms with van der Waals surface area (Å²) in [6, 6.07) is 10.7. The smallest absolute Gasteiger partial charge is 0.130 e. The molecular formula is C31H50O2. The van der Waals surface area contributed by atoms with E-state index in [1.165, 1.54) is 106 Å². The first-order chi connectivity index (χ1) is 16.3. The summed E-state index contributed by atoms with van der Waals surface area (Å²) in [5.41, 5.74) is 1.18. The molecule has 0 spiro atoms. The van der Waals surface area contributed by atoms with Crippen LogP contribution in [0.1, 0.15) is 122 Å². The number of fused-ring (bicyclic) bond motifs is 1. The van der Waals surface area contributed by atoms with E-state index in [4.69, 9.17) is 9.47 Å². The van der Waals surface area contributed by atoms with Gasteiger partial charge in [0.1, 0.15) is 11.5 Å². The number of hydrogen-bond acceptors (Lipinski definition) is 2. The van der Waals surface area contributed by atoms with Crippen LogP contribution in [0.15, 0.2) is 30.3 Å². The minimum atomic E-state index is 0.802. The van der Waals surface area contributed by atoms with Gasteiger partial charge in [-0.05, 0) is 31.4 Å². The van der Waals surface area contributed by atoms with Gasteiger partial charge in [0.25, 0.3) is 0 Å². The number of ether oxygens (including phenoxy) is 2. The molecule has 0 unspecified atom stereocenters. The molecule has 0 aromatic heterocycles. The number of rotatable bonds is 20. The Morgan fingerprint density at radius 2 is 1.00 bits per heavy atom. The van der Waals surface area contributed by atoms with Crippen molar-refractivity contribution in [3.63, 3.8) is 0 Å². The number of unbranched alkanes of at least 4 members (excludes halogenated alkanes) is 14. The molecule has 0 fully saturated rings. The predicted molar refractivity (Wildman–Crippen MR) is 145 cm³/mol. The lowest BCUT2D eigenvalue weighted by molar-refractivity contribution is 0.299. The van der Waals surface area contributed by atoms with Crippen molar-refractivity contribution in [1.82, 2.24) is 0 Å². The summed E-state index contributed by atoms with van der Waals surface area (Å²) in [4.78, 5) is 0. The Labute approximate surface area is 204 Å². The maximum absolute atomic E-state index is 6.29. The maximum Gasteiger partial charge on any atom is 0.130 e. The van der Waals surface area contributed by atoms with Crippen molar-refractivity contribution in [3.05, 3.63) is 35.9 Å². The lowest BCUT2D eigenvalue weighted by Gasteiger charge is -2.16. The molecule has 0 amide bonds. The van der Waals surface area contributed by atoms with Crippen molar-refractivity contribution in [2.24, 2.45) is 0 Å². The third-order valence-electron chi connectivity index (χ3n) is 6.64. The molecule has 0 heterocycles. The van der Waals surface area contributed by atoms with Crippen LogP contribution in [0.4, 0.5) is 0 Å². The van der Waals surface area contributed by atoms with Crippen LogP contribution in [0, 0.1) is 6.92 Å². The molecule has 186 valence electrons. The van der Waals surface area contributed by atoms with Crippen molar-refractivity contribution in [3.8, 4) is 11.5 Å². The van der Waals surface area contributed by atoms with Crippen LogP contribution in [-0.2, 0) is 0 Å². The second-order valence-electron chi connectivity index (χ2n) is 9.71. The Bertz CT molecular complexity index is 752. The minimum absolute atomic E-state index is 0.802. The van der Waals surface area contributed by atoms with Crippen molar-refractivity contribution in [2.75, 3.05) is 13.2 Å². The molecule has 2 aromatic carbocycles. The van der Waals surface area contributed by atoms with Gasteiger partial charge in [0.05, 0.1) is 13.2 Å². The maximum atomic E-state index is 6.29. The number of aryl methyl sites for hydroxylation is 1. The first kappa shape index (κ1) is 27.5. The molecule has 0 N–H and O–H groups in total. The Morgan fingerprint density at radius 3 is 1.55 bits per heavy atom. The van der Waals surface area contributed by atoms with Crippen LogP contribution in [0.2, 0.25) is 0 Å². The average Bonchev–Trinajstić information content (AvgIpc) is 2.83. The van der Waals surface area contributed by atoms with Crippen LogP contribution in [-0.4, -0.2) is 13.2 Å². The highest BCUT2D eigenvalue weighted by molar-refractivity contribution is 5.94. The zero-order valence-corrected chi connectivity index (χ0v) is 21.9. The summed E-state index contributed by atoms with van der Waals surface area (Å²) in [6.07, 6.45) is 21.2. The van der Waals surface area contributed by atoms with Gasteiger partial charge in [-0.2, -0.15) is 0 Å². The molecule has 2 aromatic rings. The molecule has 0 saturated carbocycles. The summed E-state index contributed by atoms with van der Waals surface area (Å²) in [7, 11) is 0. The molecule has 2 heteroatoms. The van der Waals surface area contributed by atoms with Gasteiger partial charge in [0.15, 0.2) is 0 Å². The van der Waals surface area contributed by atoms with Crippen LogP contribution in [0.3, 0.4) is 0 Å². The van der Waals surface area contributed by atoms with E-state index >= 15 is 0 Å². The topological polar surface area (TPSA) is 18.5 Å². The van der Waals surface area contributed by atoms with Gasteiger partial charge in [0, 0.05) is 10.8 Å². The largest absolute Gasteiger partial charge is 0.493 e. The lowest BCUT2D eigenvalue weighted by Crippen LogP contribution is -2.02. The second-order valence-corrected chi connectivity index (χ2v) is 9.71. The Kier molecular flexibility index (Phi) is 14.8. The highest BCUT2D eigenvalue weighted by Crippen LogP contribution is 2.36. The van der Waals surface area contributed by atoms with E-state index < -0.39 is 0 Å². The predicted octanol–water partition coefficient (Wildman–Crippen LogP) is 10.2. The van der Waals surface area contributed by atoms with E-state index in [1.807, 2.05) is 0 Å². The fourth-order valence-electron chi connectivity index (χ4n) is 4.59. The van der Waals surface area contributed by atoms with E-state index in [0.717, 1.165) is 37.6 Å². The van der Waals surface area contributed by atoms with Gasteiger partial charge >= 0.3 is 0 Å². The summed E-state index contributed by atoms with van der Waals surface area (Å²) in [5.74, 6) is 2.04. The van der Waals surface area contributed by atoms with Gasteiger partial charge in [-0.25, -0.2) is 0 Å². The number of benzene rings is 2. The molecule has 0 atom stereocenters. The SMILES string of the molecule is CCCCCCCCCCOc1cc(C)c(OCCCCCCCCCC)c2ccccc12. The average molecular weight is 455 g/mol. The zero-order chi connectivity index (χ0) is 23.6. The van der Waals surface area contributed by atoms with Gasteiger partial charge in [-0.15, -0.1) is 0 Å². The van der Waals surface area contributed by atoms with E-state index in [0.29, 0.717) is 0 Å². The normalized spacial score (nSPS) is 11.2. The van der Waals surface area contributed by atoms with Gasteiger partial charge < -0.3 is 9.47 Å². The summed E-state index contributed by atoms with van der Waals surface area (Å²) < 4.78 is 12.5. The molecule has 0 saturated heterocycles. The van der Waals surface area contributed by atoms with Crippen LogP contribution < -0.4 is 9.47 Å². The quantitative estimate of drug-likeness (QED) is 0.185. The summed E-state index contributed by atoms with van der Waals surface area (Å²) in [6.45, 7) is 8.31. The Hall–Kier alpha value is -1.70. The van der Waals surface area contributed by atoms with Crippen molar-refractivity contribution < 1.29 is 9.47 Å².